The number of para-hydroxylation sites is 1. The van der Waals surface area contributed by atoms with Gasteiger partial charge in [0.1, 0.15) is 5.01 Å². The van der Waals surface area contributed by atoms with E-state index in [1.807, 2.05) is 30.3 Å². The van der Waals surface area contributed by atoms with Crippen LogP contribution in [0.25, 0.3) is 0 Å². The molecule has 0 aliphatic carbocycles. The zero-order valence-corrected chi connectivity index (χ0v) is 14.9. The maximum Gasteiger partial charge on any atom is 0.232 e. The topological polar surface area (TPSA) is 63.2 Å². The standard InChI is InChI=1S/C15H21N3O2S2/c1-15(2,3)11-18(12-8-6-5-7-9-12)10-13-16-17-14(21-13)22(4,19)20/h5-9H,10-11H2,1-4H3. The van der Waals surface area contributed by atoms with Crippen LogP contribution in [0, 0.1) is 5.41 Å². The molecule has 22 heavy (non-hydrogen) atoms. The number of hydrogen-bond acceptors (Lipinski definition) is 6. The van der Waals surface area contributed by atoms with Crippen molar-refractivity contribution in [2.45, 2.75) is 31.7 Å². The fourth-order valence-corrected chi connectivity index (χ4v) is 3.73. The summed E-state index contributed by atoms with van der Waals surface area (Å²) in [5.74, 6) is 0. The van der Waals surface area contributed by atoms with Crippen molar-refractivity contribution in [3.63, 3.8) is 0 Å². The fourth-order valence-electron chi connectivity index (χ4n) is 2.07. The number of nitrogens with zero attached hydrogens (tertiary/aromatic N) is 3. The van der Waals surface area contributed by atoms with Crippen LogP contribution in [0.1, 0.15) is 25.8 Å². The van der Waals surface area contributed by atoms with Crippen molar-refractivity contribution >= 4 is 26.9 Å². The van der Waals surface area contributed by atoms with E-state index >= 15 is 0 Å². The van der Waals surface area contributed by atoms with Gasteiger partial charge in [0.25, 0.3) is 0 Å². The zero-order chi connectivity index (χ0) is 16.4. The monoisotopic (exact) mass is 339 g/mol. The SMILES string of the molecule is CC(C)(C)CN(Cc1nnc(S(C)(=O)=O)s1)c1ccccc1. The third-order valence-corrected chi connectivity index (χ3v) is 5.46. The first-order valence-electron chi connectivity index (χ1n) is 6.98. The van der Waals surface area contributed by atoms with Crippen LogP contribution in [-0.4, -0.2) is 31.4 Å². The van der Waals surface area contributed by atoms with E-state index < -0.39 is 9.84 Å². The van der Waals surface area contributed by atoms with Gasteiger partial charge >= 0.3 is 0 Å². The van der Waals surface area contributed by atoms with E-state index in [9.17, 15) is 8.42 Å². The Bertz CT molecular complexity index is 719. The summed E-state index contributed by atoms with van der Waals surface area (Å²) in [5, 5.41) is 8.51. The summed E-state index contributed by atoms with van der Waals surface area (Å²) in [4.78, 5) is 2.20. The van der Waals surface area contributed by atoms with Gasteiger partial charge in [0.05, 0.1) is 6.54 Å². The van der Waals surface area contributed by atoms with Crippen LogP contribution in [0.2, 0.25) is 0 Å². The van der Waals surface area contributed by atoms with E-state index in [1.54, 1.807) is 0 Å². The van der Waals surface area contributed by atoms with Crippen molar-refractivity contribution in [3.8, 4) is 0 Å². The minimum absolute atomic E-state index is 0.0753. The predicted octanol–water partition coefficient (Wildman–Crippen LogP) is 2.99. The second-order valence-corrected chi connectivity index (χ2v) is 9.74. The summed E-state index contributed by atoms with van der Waals surface area (Å²) in [7, 11) is -3.29. The van der Waals surface area contributed by atoms with Gasteiger partial charge < -0.3 is 4.90 Å². The molecule has 0 fully saturated rings. The molecule has 0 saturated carbocycles. The van der Waals surface area contributed by atoms with Gasteiger partial charge in [-0.1, -0.05) is 50.3 Å². The molecule has 0 bridgehead atoms. The third-order valence-electron chi connectivity index (χ3n) is 2.88. The molecule has 0 spiro atoms. The summed E-state index contributed by atoms with van der Waals surface area (Å²) < 4.78 is 23.1. The summed E-state index contributed by atoms with van der Waals surface area (Å²) in [6, 6.07) is 10.1. The van der Waals surface area contributed by atoms with Gasteiger partial charge in [0.15, 0.2) is 0 Å². The van der Waals surface area contributed by atoms with Crippen LogP contribution in [0.15, 0.2) is 34.7 Å². The van der Waals surface area contributed by atoms with Crippen molar-refractivity contribution in [2.75, 3.05) is 17.7 Å². The van der Waals surface area contributed by atoms with Crippen LogP contribution in [0.3, 0.4) is 0 Å². The minimum atomic E-state index is -3.29. The molecule has 0 unspecified atom stereocenters. The Morgan fingerprint density at radius 3 is 2.27 bits per heavy atom. The van der Waals surface area contributed by atoms with Gasteiger partial charge in [-0.25, -0.2) is 8.42 Å². The molecular weight excluding hydrogens is 318 g/mol. The Balaban J connectivity index is 2.25. The quantitative estimate of drug-likeness (QED) is 0.838. The smallest absolute Gasteiger partial charge is 0.232 e. The molecule has 1 heterocycles. The van der Waals surface area contributed by atoms with E-state index in [2.05, 4.69) is 35.9 Å². The van der Waals surface area contributed by atoms with Crippen LogP contribution in [0.5, 0.6) is 0 Å². The maximum atomic E-state index is 11.5. The van der Waals surface area contributed by atoms with Gasteiger partial charge in [0.2, 0.25) is 14.2 Å². The van der Waals surface area contributed by atoms with Gasteiger partial charge in [-0.3, -0.25) is 0 Å². The number of sulfone groups is 1. The number of aromatic nitrogens is 2. The highest BCUT2D eigenvalue weighted by atomic mass is 32.2. The largest absolute Gasteiger partial charge is 0.364 e. The molecule has 7 heteroatoms. The lowest BCUT2D eigenvalue weighted by Crippen LogP contribution is -2.32. The maximum absolute atomic E-state index is 11.5. The molecule has 0 radical (unpaired) electrons. The molecule has 5 nitrogen and oxygen atoms in total. The number of anilines is 1. The molecular formula is C15H21N3O2S2. The highest BCUT2D eigenvalue weighted by Crippen LogP contribution is 2.25. The Morgan fingerprint density at radius 2 is 1.77 bits per heavy atom. The van der Waals surface area contributed by atoms with E-state index in [-0.39, 0.29) is 9.75 Å². The average Bonchev–Trinajstić information content (AvgIpc) is 2.86. The van der Waals surface area contributed by atoms with Gasteiger partial charge in [-0.2, -0.15) is 0 Å². The van der Waals surface area contributed by atoms with Crippen molar-refractivity contribution < 1.29 is 8.42 Å². The molecule has 2 aromatic rings. The normalized spacial score (nSPS) is 12.4. The summed E-state index contributed by atoms with van der Waals surface area (Å²) in [5.41, 5.74) is 1.20. The molecule has 2 rings (SSSR count). The van der Waals surface area contributed by atoms with E-state index in [0.29, 0.717) is 11.6 Å². The average molecular weight is 339 g/mol. The van der Waals surface area contributed by atoms with Crippen molar-refractivity contribution in [3.05, 3.63) is 35.3 Å². The Hall–Kier alpha value is -1.47. The lowest BCUT2D eigenvalue weighted by Gasteiger charge is -2.31. The third kappa shape index (κ3) is 4.78. The molecule has 0 atom stereocenters. The zero-order valence-electron chi connectivity index (χ0n) is 13.3. The summed E-state index contributed by atoms with van der Waals surface area (Å²) in [6.07, 6.45) is 1.15. The summed E-state index contributed by atoms with van der Waals surface area (Å²) in [6.45, 7) is 7.90. The second kappa shape index (κ2) is 6.34. The Labute approximate surface area is 135 Å². The first kappa shape index (κ1) is 16.9. The fraction of sp³-hybridized carbons (Fsp3) is 0.467. The first-order chi connectivity index (χ1) is 10.1. The van der Waals surface area contributed by atoms with Crippen LogP contribution in [0.4, 0.5) is 5.69 Å². The highest BCUT2D eigenvalue weighted by Gasteiger charge is 2.20. The van der Waals surface area contributed by atoms with Gasteiger partial charge in [-0.05, 0) is 17.5 Å². The number of hydrogen-bond donors (Lipinski definition) is 0. The lowest BCUT2D eigenvalue weighted by molar-refractivity contribution is 0.408. The molecule has 0 aliphatic heterocycles. The molecule has 120 valence electrons. The van der Waals surface area contributed by atoms with Gasteiger partial charge in [-0.15, -0.1) is 10.2 Å². The van der Waals surface area contributed by atoms with E-state index in [1.165, 1.54) is 0 Å². The predicted molar refractivity (Wildman–Crippen MR) is 90.0 cm³/mol. The van der Waals surface area contributed by atoms with Crippen LogP contribution < -0.4 is 4.90 Å². The van der Waals surface area contributed by atoms with E-state index in [4.69, 9.17) is 0 Å². The van der Waals surface area contributed by atoms with Crippen LogP contribution in [-0.2, 0) is 16.4 Å². The lowest BCUT2D eigenvalue weighted by atomic mass is 9.96. The van der Waals surface area contributed by atoms with E-state index in [0.717, 1.165) is 29.8 Å². The van der Waals surface area contributed by atoms with Crippen molar-refractivity contribution in [2.24, 2.45) is 5.41 Å². The van der Waals surface area contributed by atoms with Crippen LogP contribution >= 0.6 is 11.3 Å². The molecule has 0 amide bonds. The van der Waals surface area contributed by atoms with Crippen molar-refractivity contribution in [1.29, 1.82) is 0 Å². The molecule has 0 aliphatic rings. The van der Waals surface area contributed by atoms with Crippen molar-refractivity contribution in [1.82, 2.24) is 10.2 Å². The molecule has 1 aromatic carbocycles. The minimum Gasteiger partial charge on any atom is -0.364 e. The molecule has 1 aromatic heterocycles. The number of rotatable bonds is 5. The Morgan fingerprint density at radius 1 is 1.14 bits per heavy atom. The Kier molecular flexibility index (Phi) is 4.87. The molecule has 0 N–H and O–H groups in total. The summed E-state index contributed by atoms with van der Waals surface area (Å²) >= 11 is 1.14. The number of benzene rings is 1. The highest BCUT2D eigenvalue weighted by molar-refractivity contribution is 7.92. The van der Waals surface area contributed by atoms with Gasteiger partial charge in [0, 0.05) is 18.5 Å². The second-order valence-electron chi connectivity index (χ2n) is 6.49. The first-order valence-corrected chi connectivity index (χ1v) is 9.68. The molecule has 0 saturated heterocycles.